The molecule has 130 valence electrons. The van der Waals surface area contributed by atoms with E-state index in [9.17, 15) is 9.90 Å². The van der Waals surface area contributed by atoms with Gasteiger partial charge in [-0.05, 0) is 36.8 Å². The van der Waals surface area contributed by atoms with Crippen LogP contribution in [0.25, 0.3) is 11.2 Å². The van der Waals surface area contributed by atoms with Crippen LogP contribution in [0.4, 0.5) is 0 Å². The number of aromatic carboxylic acids is 1. The Morgan fingerprint density at radius 3 is 2.68 bits per heavy atom. The van der Waals surface area contributed by atoms with Gasteiger partial charge in [-0.1, -0.05) is 24.6 Å². The predicted molar refractivity (Wildman–Crippen MR) is 95.6 cm³/mol. The van der Waals surface area contributed by atoms with Gasteiger partial charge in [-0.2, -0.15) is 0 Å². The van der Waals surface area contributed by atoms with Crippen molar-refractivity contribution in [3.05, 3.63) is 52.4 Å². The molecule has 2 heterocycles. The van der Waals surface area contributed by atoms with Gasteiger partial charge in [0.1, 0.15) is 17.1 Å². The highest BCUT2D eigenvalue weighted by atomic mass is 35.5. The normalized spacial score (nSPS) is 11.0. The molecule has 0 amide bonds. The van der Waals surface area contributed by atoms with Crippen molar-refractivity contribution in [1.29, 1.82) is 0 Å². The number of carboxylic acid groups (broad SMARTS) is 1. The van der Waals surface area contributed by atoms with Gasteiger partial charge in [0.05, 0.1) is 13.2 Å². The molecular formula is C18H18ClN3O3. The van der Waals surface area contributed by atoms with E-state index < -0.39 is 5.97 Å². The molecule has 0 aliphatic rings. The van der Waals surface area contributed by atoms with Crippen molar-refractivity contribution in [3.63, 3.8) is 0 Å². The molecule has 1 aromatic carbocycles. The lowest BCUT2D eigenvalue weighted by Crippen LogP contribution is -2.07. The van der Waals surface area contributed by atoms with E-state index in [1.807, 2.05) is 30.5 Å². The molecule has 3 rings (SSSR count). The molecule has 0 fully saturated rings. The summed E-state index contributed by atoms with van der Waals surface area (Å²) in [5.41, 5.74) is 2.10. The van der Waals surface area contributed by atoms with Gasteiger partial charge in [-0.15, -0.1) is 0 Å². The molecule has 3 aromatic rings. The van der Waals surface area contributed by atoms with Crippen LogP contribution in [0.5, 0.6) is 5.75 Å². The largest absolute Gasteiger partial charge is 0.494 e. The minimum Gasteiger partial charge on any atom is -0.494 e. The number of rotatable bonds is 6. The van der Waals surface area contributed by atoms with Crippen molar-refractivity contribution < 1.29 is 14.6 Å². The number of aromatic nitrogens is 3. The highest BCUT2D eigenvalue weighted by Crippen LogP contribution is 2.25. The molecule has 0 aliphatic heterocycles. The maximum absolute atomic E-state index is 11.2. The highest BCUT2D eigenvalue weighted by molar-refractivity contribution is 6.31. The minimum atomic E-state index is -1.06. The average molecular weight is 360 g/mol. The van der Waals surface area contributed by atoms with Crippen LogP contribution in [-0.4, -0.2) is 32.2 Å². The van der Waals surface area contributed by atoms with E-state index in [4.69, 9.17) is 16.3 Å². The number of hydrogen-bond donors (Lipinski definition) is 1. The zero-order valence-corrected chi connectivity index (χ0v) is 14.7. The molecule has 0 spiro atoms. The molecule has 0 atom stereocenters. The third kappa shape index (κ3) is 3.44. The number of hydrogen-bond acceptors (Lipinski definition) is 4. The van der Waals surface area contributed by atoms with Crippen molar-refractivity contribution in [2.24, 2.45) is 0 Å². The van der Waals surface area contributed by atoms with E-state index in [1.165, 1.54) is 6.07 Å². The van der Waals surface area contributed by atoms with Crippen LogP contribution in [0.15, 0.2) is 30.3 Å². The Bertz CT molecular complexity index is 937. The summed E-state index contributed by atoms with van der Waals surface area (Å²) in [6.07, 6.45) is 0.702. The maximum atomic E-state index is 11.2. The maximum Gasteiger partial charge on any atom is 0.354 e. The van der Waals surface area contributed by atoms with Crippen molar-refractivity contribution in [2.45, 2.75) is 26.8 Å². The SMILES string of the molecule is CCOc1ccc(Cn2c(CC)nc3ccc(C(=O)O)nc32)c(Cl)c1. The van der Waals surface area contributed by atoms with Gasteiger partial charge >= 0.3 is 5.97 Å². The fourth-order valence-electron chi connectivity index (χ4n) is 2.69. The van der Waals surface area contributed by atoms with E-state index in [1.54, 1.807) is 12.1 Å². The number of ether oxygens (including phenoxy) is 1. The van der Waals surface area contributed by atoms with Crippen LogP contribution in [-0.2, 0) is 13.0 Å². The summed E-state index contributed by atoms with van der Waals surface area (Å²) in [6.45, 7) is 4.94. The number of fused-ring (bicyclic) bond motifs is 1. The second kappa shape index (κ2) is 7.11. The van der Waals surface area contributed by atoms with E-state index >= 15 is 0 Å². The van der Waals surface area contributed by atoms with Crippen molar-refractivity contribution in [3.8, 4) is 5.75 Å². The fraction of sp³-hybridized carbons (Fsp3) is 0.278. The van der Waals surface area contributed by atoms with Gasteiger partial charge < -0.3 is 14.4 Å². The van der Waals surface area contributed by atoms with Crippen LogP contribution in [0, 0.1) is 0 Å². The van der Waals surface area contributed by atoms with Crippen LogP contribution in [0.2, 0.25) is 5.02 Å². The second-order valence-corrected chi connectivity index (χ2v) is 5.91. The van der Waals surface area contributed by atoms with Crippen LogP contribution in [0.3, 0.4) is 0 Å². The number of carboxylic acids is 1. The lowest BCUT2D eigenvalue weighted by Gasteiger charge is -2.11. The third-order valence-electron chi connectivity index (χ3n) is 3.87. The quantitative estimate of drug-likeness (QED) is 0.724. The summed E-state index contributed by atoms with van der Waals surface area (Å²) in [4.78, 5) is 20.0. The molecule has 0 aliphatic carbocycles. The Labute approximate surface area is 150 Å². The monoisotopic (exact) mass is 359 g/mol. The van der Waals surface area contributed by atoms with E-state index in [2.05, 4.69) is 9.97 Å². The molecule has 0 saturated carbocycles. The van der Waals surface area contributed by atoms with E-state index in [0.29, 0.717) is 41.5 Å². The lowest BCUT2D eigenvalue weighted by atomic mass is 10.2. The zero-order valence-electron chi connectivity index (χ0n) is 14.0. The first kappa shape index (κ1) is 17.2. The third-order valence-corrected chi connectivity index (χ3v) is 4.22. The molecule has 7 heteroatoms. The molecular weight excluding hydrogens is 342 g/mol. The molecule has 2 aromatic heterocycles. The van der Waals surface area contributed by atoms with E-state index in [-0.39, 0.29) is 5.69 Å². The average Bonchev–Trinajstić information content (AvgIpc) is 2.94. The Balaban J connectivity index is 2.05. The Morgan fingerprint density at radius 1 is 1.24 bits per heavy atom. The topological polar surface area (TPSA) is 77.2 Å². The Morgan fingerprint density at radius 2 is 2.04 bits per heavy atom. The first-order valence-electron chi connectivity index (χ1n) is 8.04. The van der Waals surface area contributed by atoms with Crippen molar-refractivity contribution in [2.75, 3.05) is 6.61 Å². The van der Waals surface area contributed by atoms with Crippen molar-refractivity contribution >= 4 is 28.7 Å². The fourth-order valence-corrected chi connectivity index (χ4v) is 2.92. The van der Waals surface area contributed by atoms with Crippen LogP contribution in [0.1, 0.15) is 35.7 Å². The summed E-state index contributed by atoms with van der Waals surface area (Å²) in [5, 5.41) is 9.77. The van der Waals surface area contributed by atoms with Gasteiger partial charge in [0.25, 0.3) is 0 Å². The summed E-state index contributed by atoms with van der Waals surface area (Å²) >= 11 is 6.38. The Hall–Kier alpha value is -2.60. The van der Waals surface area contributed by atoms with Gasteiger partial charge in [0.2, 0.25) is 0 Å². The number of pyridine rings is 1. The first-order chi connectivity index (χ1) is 12.0. The molecule has 25 heavy (non-hydrogen) atoms. The standard InChI is InChI=1S/C18H18ClN3O3/c1-3-16-20-14-7-8-15(18(23)24)21-17(14)22(16)10-11-5-6-12(25-4-2)9-13(11)19/h5-9H,3-4,10H2,1-2H3,(H,23,24). The minimum absolute atomic E-state index is 0.00547. The first-order valence-corrected chi connectivity index (χ1v) is 8.42. The number of imidazole rings is 1. The number of aryl methyl sites for hydroxylation is 1. The molecule has 1 N–H and O–H groups in total. The lowest BCUT2D eigenvalue weighted by molar-refractivity contribution is 0.0691. The molecule has 0 saturated heterocycles. The molecule has 0 radical (unpaired) electrons. The summed E-state index contributed by atoms with van der Waals surface area (Å²) in [6, 6.07) is 8.69. The predicted octanol–water partition coefficient (Wildman–Crippen LogP) is 3.79. The molecule has 0 bridgehead atoms. The number of benzene rings is 1. The zero-order chi connectivity index (χ0) is 18.0. The van der Waals surface area contributed by atoms with Gasteiger partial charge in [-0.25, -0.2) is 14.8 Å². The Kier molecular flexibility index (Phi) is 4.90. The number of nitrogens with zero attached hydrogens (tertiary/aromatic N) is 3. The second-order valence-electron chi connectivity index (χ2n) is 5.50. The van der Waals surface area contributed by atoms with Gasteiger partial charge in [0, 0.05) is 11.4 Å². The highest BCUT2D eigenvalue weighted by Gasteiger charge is 2.15. The summed E-state index contributed by atoms with van der Waals surface area (Å²) in [7, 11) is 0. The van der Waals surface area contributed by atoms with Crippen LogP contribution < -0.4 is 4.74 Å². The van der Waals surface area contributed by atoms with Gasteiger partial charge in [-0.3, -0.25) is 0 Å². The summed E-state index contributed by atoms with van der Waals surface area (Å²) < 4.78 is 7.36. The summed E-state index contributed by atoms with van der Waals surface area (Å²) in [5.74, 6) is 0.482. The number of halogens is 1. The molecule has 0 unspecified atom stereocenters. The van der Waals surface area contributed by atoms with Crippen LogP contribution >= 0.6 is 11.6 Å². The smallest absolute Gasteiger partial charge is 0.354 e. The number of carbonyl (C=O) groups is 1. The van der Waals surface area contributed by atoms with Crippen molar-refractivity contribution in [1.82, 2.24) is 14.5 Å². The van der Waals surface area contributed by atoms with E-state index in [0.717, 1.165) is 11.4 Å². The molecule has 6 nitrogen and oxygen atoms in total. The van der Waals surface area contributed by atoms with Gasteiger partial charge in [0.15, 0.2) is 11.3 Å².